The average molecular weight is 162 g/mol. The van der Waals surface area contributed by atoms with Gasteiger partial charge in [-0.25, -0.2) is 8.78 Å². The van der Waals surface area contributed by atoms with Crippen LogP contribution in [0.2, 0.25) is 0 Å². The molecule has 0 aromatic heterocycles. The molecule has 0 nitrogen and oxygen atoms in total. The highest BCUT2D eigenvalue weighted by Gasteiger charge is 2.31. The Morgan fingerprint density at radius 3 is 2.27 bits per heavy atom. The summed E-state index contributed by atoms with van der Waals surface area (Å²) in [5.74, 6) is -3.05. The van der Waals surface area contributed by atoms with Gasteiger partial charge in [-0.15, -0.1) is 0 Å². The van der Waals surface area contributed by atoms with E-state index in [1.807, 2.05) is 6.92 Å². The number of rotatable bonds is 4. The van der Waals surface area contributed by atoms with E-state index >= 15 is 0 Å². The molecule has 66 valence electrons. The summed E-state index contributed by atoms with van der Waals surface area (Å²) < 4.78 is 25.7. The minimum Gasteiger partial charge on any atom is -0.207 e. The standard InChI is InChI=1S/C9H16F2/c1-4-5-6-7-9(10,11)8(2)3/h4-5,8H,6-7H2,1-3H3/b5-4-. The van der Waals surface area contributed by atoms with Gasteiger partial charge in [-0.3, -0.25) is 0 Å². The molecule has 0 fully saturated rings. The predicted molar refractivity (Wildman–Crippen MR) is 43.8 cm³/mol. The molecule has 0 rings (SSSR count). The quantitative estimate of drug-likeness (QED) is 0.554. The van der Waals surface area contributed by atoms with Gasteiger partial charge in [-0.1, -0.05) is 26.0 Å². The molecule has 0 atom stereocenters. The molecule has 0 aliphatic heterocycles. The van der Waals surface area contributed by atoms with Crippen molar-refractivity contribution < 1.29 is 8.78 Å². The number of hydrogen-bond donors (Lipinski definition) is 0. The van der Waals surface area contributed by atoms with Crippen LogP contribution in [0.15, 0.2) is 12.2 Å². The molecule has 11 heavy (non-hydrogen) atoms. The molecule has 0 bridgehead atoms. The Bertz CT molecular complexity index is 126. The number of allylic oxidation sites excluding steroid dienone is 2. The van der Waals surface area contributed by atoms with Crippen molar-refractivity contribution in [3.63, 3.8) is 0 Å². The SMILES string of the molecule is C/C=C\CCC(F)(F)C(C)C. The van der Waals surface area contributed by atoms with Crippen molar-refractivity contribution in [2.75, 3.05) is 0 Å². The lowest BCUT2D eigenvalue weighted by Crippen LogP contribution is -2.23. The monoisotopic (exact) mass is 162 g/mol. The van der Waals surface area contributed by atoms with Gasteiger partial charge in [0.1, 0.15) is 0 Å². The van der Waals surface area contributed by atoms with E-state index in [9.17, 15) is 8.78 Å². The van der Waals surface area contributed by atoms with Crippen LogP contribution in [0.25, 0.3) is 0 Å². The third kappa shape index (κ3) is 4.12. The van der Waals surface area contributed by atoms with E-state index in [0.29, 0.717) is 6.42 Å². The summed E-state index contributed by atoms with van der Waals surface area (Å²) in [7, 11) is 0. The third-order valence-corrected chi connectivity index (χ3v) is 1.72. The van der Waals surface area contributed by atoms with Crippen molar-refractivity contribution in [2.45, 2.75) is 39.5 Å². The lowest BCUT2D eigenvalue weighted by molar-refractivity contribution is -0.0512. The first-order valence-corrected chi connectivity index (χ1v) is 3.99. The molecule has 0 aromatic carbocycles. The minimum atomic E-state index is -2.50. The largest absolute Gasteiger partial charge is 0.250 e. The van der Waals surface area contributed by atoms with Crippen LogP contribution < -0.4 is 0 Å². The summed E-state index contributed by atoms with van der Waals surface area (Å²) in [5.41, 5.74) is 0. The maximum Gasteiger partial charge on any atom is 0.250 e. The summed E-state index contributed by atoms with van der Waals surface area (Å²) in [6, 6.07) is 0. The van der Waals surface area contributed by atoms with Gasteiger partial charge in [0.25, 0.3) is 5.92 Å². The van der Waals surface area contributed by atoms with Gasteiger partial charge in [-0.2, -0.15) is 0 Å². The van der Waals surface area contributed by atoms with Gasteiger partial charge in [0.05, 0.1) is 0 Å². The zero-order valence-corrected chi connectivity index (χ0v) is 7.40. The van der Waals surface area contributed by atoms with Crippen molar-refractivity contribution in [2.24, 2.45) is 5.92 Å². The third-order valence-electron chi connectivity index (χ3n) is 1.72. The molecule has 0 heterocycles. The first kappa shape index (κ1) is 10.6. The Labute approximate surface area is 67.3 Å². The maximum atomic E-state index is 12.8. The van der Waals surface area contributed by atoms with E-state index in [1.165, 1.54) is 0 Å². The van der Waals surface area contributed by atoms with E-state index < -0.39 is 11.8 Å². The fraction of sp³-hybridized carbons (Fsp3) is 0.778. The van der Waals surface area contributed by atoms with Crippen molar-refractivity contribution in [1.29, 1.82) is 0 Å². The Morgan fingerprint density at radius 2 is 1.91 bits per heavy atom. The fourth-order valence-corrected chi connectivity index (χ4v) is 0.731. The molecular formula is C9H16F2. The summed E-state index contributed by atoms with van der Waals surface area (Å²) in [6.07, 6.45) is 4.02. The highest BCUT2D eigenvalue weighted by atomic mass is 19.3. The summed E-state index contributed by atoms with van der Waals surface area (Å²) in [4.78, 5) is 0. The van der Waals surface area contributed by atoms with Crippen molar-refractivity contribution in [3.05, 3.63) is 12.2 Å². The van der Waals surface area contributed by atoms with Crippen LogP contribution in [0.1, 0.15) is 33.6 Å². The van der Waals surface area contributed by atoms with Crippen LogP contribution in [-0.4, -0.2) is 5.92 Å². The second kappa shape index (κ2) is 4.47. The smallest absolute Gasteiger partial charge is 0.207 e. The van der Waals surface area contributed by atoms with Gasteiger partial charge >= 0.3 is 0 Å². The minimum absolute atomic E-state index is 0.0327. The summed E-state index contributed by atoms with van der Waals surface area (Å²) in [5, 5.41) is 0. The zero-order chi connectivity index (χ0) is 8.91. The molecule has 0 amide bonds. The molecule has 0 aliphatic carbocycles. The van der Waals surface area contributed by atoms with Crippen molar-refractivity contribution in [3.8, 4) is 0 Å². The molecule has 0 aliphatic rings. The number of alkyl halides is 2. The van der Waals surface area contributed by atoms with Crippen molar-refractivity contribution >= 4 is 0 Å². The van der Waals surface area contributed by atoms with Gasteiger partial charge in [0, 0.05) is 12.3 Å². The molecular weight excluding hydrogens is 146 g/mol. The average Bonchev–Trinajstić information content (AvgIpc) is 1.88. The van der Waals surface area contributed by atoms with Crippen LogP contribution in [0.4, 0.5) is 8.78 Å². The van der Waals surface area contributed by atoms with E-state index in [1.54, 1.807) is 26.0 Å². The highest BCUT2D eigenvalue weighted by Crippen LogP contribution is 2.28. The lowest BCUT2D eigenvalue weighted by Gasteiger charge is -2.18. The van der Waals surface area contributed by atoms with Crippen molar-refractivity contribution in [1.82, 2.24) is 0 Å². The molecule has 0 radical (unpaired) electrons. The summed E-state index contributed by atoms with van der Waals surface area (Å²) in [6.45, 7) is 4.94. The Hall–Kier alpha value is -0.400. The van der Waals surface area contributed by atoms with Gasteiger partial charge in [-0.05, 0) is 13.3 Å². The Kier molecular flexibility index (Phi) is 4.31. The van der Waals surface area contributed by atoms with Crippen LogP contribution in [0.5, 0.6) is 0 Å². The van der Waals surface area contributed by atoms with E-state index in [2.05, 4.69) is 0 Å². The number of halogens is 2. The predicted octanol–water partition coefficient (Wildman–Crippen LogP) is 3.63. The highest BCUT2D eigenvalue weighted by molar-refractivity contribution is 4.81. The first-order valence-electron chi connectivity index (χ1n) is 3.99. The van der Waals surface area contributed by atoms with Gasteiger partial charge in [0.2, 0.25) is 0 Å². The molecule has 2 heteroatoms. The first-order chi connectivity index (χ1) is 5.00. The Balaban J connectivity index is 3.73. The fourth-order valence-electron chi connectivity index (χ4n) is 0.731. The second-order valence-electron chi connectivity index (χ2n) is 3.02. The van der Waals surface area contributed by atoms with Crippen LogP contribution >= 0.6 is 0 Å². The topological polar surface area (TPSA) is 0 Å². The van der Waals surface area contributed by atoms with Crippen LogP contribution in [-0.2, 0) is 0 Å². The van der Waals surface area contributed by atoms with Crippen LogP contribution in [0, 0.1) is 5.92 Å². The van der Waals surface area contributed by atoms with E-state index in [-0.39, 0.29) is 6.42 Å². The Morgan fingerprint density at radius 1 is 1.36 bits per heavy atom. The van der Waals surface area contributed by atoms with Gasteiger partial charge in [0.15, 0.2) is 0 Å². The molecule has 0 saturated heterocycles. The summed E-state index contributed by atoms with van der Waals surface area (Å²) >= 11 is 0. The second-order valence-corrected chi connectivity index (χ2v) is 3.02. The molecule has 0 spiro atoms. The lowest BCUT2D eigenvalue weighted by atomic mass is 10.0. The number of hydrogen-bond acceptors (Lipinski definition) is 0. The molecule has 0 aromatic rings. The van der Waals surface area contributed by atoms with Gasteiger partial charge < -0.3 is 0 Å². The molecule has 0 N–H and O–H groups in total. The normalized spacial score (nSPS) is 13.3. The zero-order valence-electron chi connectivity index (χ0n) is 7.40. The van der Waals surface area contributed by atoms with E-state index in [0.717, 1.165) is 0 Å². The van der Waals surface area contributed by atoms with Crippen LogP contribution in [0.3, 0.4) is 0 Å². The molecule has 0 unspecified atom stereocenters. The molecule has 0 saturated carbocycles. The maximum absolute atomic E-state index is 12.8. The van der Waals surface area contributed by atoms with E-state index in [4.69, 9.17) is 0 Å².